The maximum atomic E-state index is 12.0. The second-order valence-corrected chi connectivity index (χ2v) is 7.72. The molecule has 0 unspecified atom stereocenters. The molecule has 0 fully saturated rings. The molecular formula is C20H32N2O2. The molecule has 0 saturated heterocycles. The molecule has 0 spiro atoms. The van der Waals surface area contributed by atoms with Crippen LogP contribution in [0.15, 0.2) is 24.3 Å². The zero-order valence-corrected chi connectivity index (χ0v) is 15.9. The van der Waals surface area contributed by atoms with Crippen LogP contribution in [0.3, 0.4) is 0 Å². The molecule has 1 aromatic carbocycles. The van der Waals surface area contributed by atoms with Gasteiger partial charge in [0.25, 0.3) is 0 Å². The molecule has 0 aromatic heterocycles. The summed E-state index contributed by atoms with van der Waals surface area (Å²) in [6.45, 7) is 12.5. The summed E-state index contributed by atoms with van der Waals surface area (Å²) in [6.07, 6.45) is 1.06. The lowest BCUT2D eigenvalue weighted by Gasteiger charge is -2.18. The second kappa shape index (κ2) is 8.86. The van der Waals surface area contributed by atoms with Gasteiger partial charge in [-0.05, 0) is 30.4 Å². The zero-order valence-electron chi connectivity index (χ0n) is 15.9. The topological polar surface area (TPSA) is 58.2 Å². The quantitative estimate of drug-likeness (QED) is 0.743. The molecule has 2 N–H and O–H groups in total. The average Bonchev–Trinajstić information content (AvgIpc) is 2.50. The first kappa shape index (κ1) is 20.2. The highest BCUT2D eigenvalue weighted by Gasteiger charge is 2.20. The number of carbonyl (C=O) groups excluding carboxylic acids is 2. The lowest BCUT2D eigenvalue weighted by molar-refractivity contribution is -0.128. The van der Waals surface area contributed by atoms with E-state index < -0.39 is 0 Å². The van der Waals surface area contributed by atoms with Crippen molar-refractivity contribution in [3.63, 3.8) is 0 Å². The number of carbonyl (C=O) groups is 2. The molecule has 134 valence electrons. The van der Waals surface area contributed by atoms with Gasteiger partial charge in [-0.25, -0.2) is 0 Å². The number of nitrogens with one attached hydrogen (secondary N) is 2. The maximum absolute atomic E-state index is 12.0. The van der Waals surface area contributed by atoms with E-state index in [9.17, 15) is 9.59 Å². The minimum absolute atomic E-state index is 0.0112. The van der Waals surface area contributed by atoms with Crippen LogP contribution in [0, 0.1) is 5.41 Å². The highest BCUT2D eigenvalue weighted by Crippen LogP contribution is 2.18. The van der Waals surface area contributed by atoms with E-state index in [1.807, 2.05) is 27.7 Å². The van der Waals surface area contributed by atoms with Crippen molar-refractivity contribution in [1.29, 1.82) is 0 Å². The van der Waals surface area contributed by atoms with Gasteiger partial charge >= 0.3 is 0 Å². The van der Waals surface area contributed by atoms with Crippen molar-refractivity contribution in [3.8, 4) is 0 Å². The number of hydrogen-bond donors (Lipinski definition) is 2. The molecule has 24 heavy (non-hydrogen) atoms. The van der Waals surface area contributed by atoms with E-state index in [0.29, 0.717) is 25.3 Å². The van der Waals surface area contributed by atoms with Crippen LogP contribution in [-0.2, 0) is 9.59 Å². The van der Waals surface area contributed by atoms with Crippen LogP contribution in [0.25, 0.3) is 0 Å². The van der Waals surface area contributed by atoms with E-state index in [0.717, 1.165) is 5.56 Å². The standard InChI is InChI=1S/C20H32N2O2/c1-14(2)16-9-11-17(12-10-16)15(3)22-18(23)8-7-13-21-19(24)20(4,5)6/h9-12,14-15H,7-8,13H2,1-6H3,(H,21,24)(H,22,23)/t15-/m1/s1. The van der Waals surface area contributed by atoms with E-state index in [1.54, 1.807) is 0 Å². The minimum Gasteiger partial charge on any atom is -0.356 e. The molecule has 0 saturated carbocycles. The lowest BCUT2D eigenvalue weighted by Crippen LogP contribution is -2.36. The summed E-state index contributed by atoms with van der Waals surface area (Å²) in [5.74, 6) is 0.536. The van der Waals surface area contributed by atoms with Gasteiger partial charge in [-0.1, -0.05) is 58.9 Å². The van der Waals surface area contributed by atoms with Gasteiger partial charge in [0.05, 0.1) is 6.04 Å². The molecule has 4 nitrogen and oxygen atoms in total. The third-order valence-corrected chi connectivity index (χ3v) is 4.03. The number of hydrogen-bond acceptors (Lipinski definition) is 2. The average molecular weight is 332 g/mol. The summed E-state index contributed by atoms with van der Waals surface area (Å²) in [5.41, 5.74) is 2.01. The van der Waals surface area contributed by atoms with Crippen LogP contribution >= 0.6 is 0 Å². The Kier molecular flexibility index (Phi) is 7.46. The Bertz CT molecular complexity index is 542. The van der Waals surface area contributed by atoms with Gasteiger partial charge in [-0.2, -0.15) is 0 Å². The first-order valence-electron chi connectivity index (χ1n) is 8.78. The predicted octanol–water partition coefficient (Wildman–Crippen LogP) is 3.93. The van der Waals surface area contributed by atoms with E-state index in [-0.39, 0.29) is 23.3 Å². The van der Waals surface area contributed by atoms with Crippen LogP contribution in [0.1, 0.15) is 77.5 Å². The first-order chi connectivity index (χ1) is 11.1. The summed E-state index contributed by atoms with van der Waals surface area (Å²) >= 11 is 0. The molecule has 0 aliphatic heterocycles. The highest BCUT2D eigenvalue weighted by molar-refractivity contribution is 5.81. The van der Waals surface area contributed by atoms with E-state index in [1.165, 1.54) is 5.56 Å². The molecule has 0 aliphatic rings. The lowest BCUT2D eigenvalue weighted by atomic mass is 9.96. The minimum atomic E-state index is -0.390. The van der Waals surface area contributed by atoms with Crippen molar-refractivity contribution in [1.82, 2.24) is 10.6 Å². The van der Waals surface area contributed by atoms with Crippen molar-refractivity contribution in [2.24, 2.45) is 5.41 Å². The first-order valence-corrected chi connectivity index (χ1v) is 8.78. The summed E-state index contributed by atoms with van der Waals surface area (Å²) in [7, 11) is 0. The van der Waals surface area contributed by atoms with E-state index in [4.69, 9.17) is 0 Å². The smallest absolute Gasteiger partial charge is 0.225 e. The SMILES string of the molecule is CC(C)c1ccc([C@@H](C)NC(=O)CCCNC(=O)C(C)(C)C)cc1. The van der Waals surface area contributed by atoms with Gasteiger partial charge in [0.1, 0.15) is 0 Å². The largest absolute Gasteiger partial charge is 0.356 e. The van der Waals surface area contributed by atoms with Crippen molar-refractivity contribution in [3.05, 3.63) is 35.4 Å². The summed E-state index contributed by atoms with van der Waals surface area (Å²) in [4.78, 5) is 23.8. The monoisotopic (exact) mass is 332 g/mol. The summed E-state index contributed by atoms with van der Waals surface area (Å²) in [5, 5.41) is 5.87. The molecule has 1 aromatic rings. The molecule has 4 heteroatoms. The maximum Gasteiger partial charge on any atom is 0.225 e. The molecule has 0 bridgehead atoms. The Labute approximate surface area is 146 Å². The highest BCUT2D eigenvalue weighted by atomic mass is 16.2. The van der Waals surface area contributed by atoms with Crippen LogP contribution in [-0.4, -0.2) is 18.4 Å². The zero-order chi connectivity index (χ0) is 18.3. The van der Waals surface area contributed by atoms with Gasteiger partial charge < -0.3 is 10.6 Å². The Hall–Kier alpha value is -1.84. The Morgan fingerprint density at radius 3 is 2.04 bits per heavy atom. The molecule has 1 rings (SSSR count). The van der Waals surface area contributed by atoms with E-state index in [2.05, 4.69) is 48.7 Å². The predicted molar refractivity (Wildman–Crippen MR) is 98.8 cm³/mol. The molecule has 0 heterocycles. The van der Waals surface area contributed by atoms with Gasteiger partial charge in [-0.3, -0.25) is 9.59 Å². The fourth-order valence-electron chi connectivity index (χ4n) is 2.28. The van der Waals surface area contributed by atoms with Crippen LogP contribution < -0.4 is 10.6 Å². The van der Waals surface area contributed by atoms with Crippen LogP contribution in [0.5, 0.6) is 0 Å². The normalized spacial score (nSPS) is 12.8. The van der Waals surface area contributed by atoms with E-state index >= 15 is 0 Å². The number of rotatable bonds is 7. The second-order valence-electron chi connectivity index (χ2n) is 7.72. The molecule has 1 atom stereocenters. The van der Waals surface area contributed by atoms with Gasteiger partial charge in [-0.15, -0.1) is 0 Å². The fraction of sp³-hybridized carbons (Fsp3) is 0.600. The van der Waals surface area contributed by atoms with Crippen LogP contribution in [0.4, 0.5) is 0 Å². The third-order valence-electron chi connectivity index (χ3n) is 4.03. The van der Waals surface area contributed by atoms with Crippen molar-refractivity contribution in [2.45, 2.75) is 66.3 Å². The summed E-state index contributed by atoms with van der Waals surface area (Å²) in [6, 6.07) is 8.37. The molecule has 0 aliphatic carbocycles. The third kappa shape index (κ3) is 6.73. The van der Waals surface area contributed by atoms with Crippen molar-refractivity contribution < 1.29 is 9.59 Å². The Balaban J connectivity index is 2.35. The molecule has 2 amide bonds. The number of benzene rings is 1. The van der Waals surface area contributed by atoms with Crippen molar-refractivity contribution in [2.75, 3.05) is 6.54 Å². The van der Waals surface area contributed by atoms with Gasteiger partial charge in [0, 0.05) is 18.4 Å². The number of amides is 2. The molecule has 0 radical (unpaired) electrons. The summed E-state index contributed by atoms with van der Waals surface area (Å²) < 4.78 is 0. The van der Waals surface area contributed by atoms with Gasteiger partial charge in [0.2, 0.25) is 11.8 Å². The Morgan fingerprint density at radius 2 is 1.54 bits per heavy atom. The fourth-order valence-corrected chi connectivity index (χ4v) is 2.28. The van der Waals surface area contributed by atoms with Crippen molar-refractivity contribution >= 4 is 11.8 Å². The Morgan fingerprint density at radius 1 is 1.00 bits per heavy atom. The van der Waals surface area contributed by atoms with Gasteiger partial charge in [0.15, 0.2) is 0 Å². The molecular weight excluding hydrogens is 300 g/mol. The van der Waals surface area contributed by atoms with Crippen LogP contribution in [0.2, 0.25) is 0 Å².